The van der Waals surface area contributed by atoms with Crippen LogP contribution in [0.25, 0.3) is 100 Å². The van der Waals surface area contributed by atoms with Crippen molar-refractivity contribution in [1.29, 1.82) is 0 Å². The first-order valence-electron chi connectivity index (χ1n) is 19.2. The van der Waals surface area contributed by atoms with Gasteiger partial charge in [-0.15, -0.1) is 0 Å². The van der Waals surface area contributed by atoms with Crippen LogP contribution in [0.5, 0.6) is 0 Å². The van der Waals surface area contributed by atoms with E-state index in [9.17, 15) is 0 Å². The summed E-state index contributed by atoms with van der Waals surface area (Å²) in [6, 6.07) is 68.5. The fourth-order valence-corrected chi connectivity index (χ4v) is 7.75. The molecule has 268 valence electrons. The van der Waals surface area contributed by atoms with E-state index in [0.29, 0.717) is 17.5 Å². The molecule has 10 rings (SSSR count). The lowest BCUT2D eigenvalue weighted by molar-refractivity contribution is 1.07. The first-order valence-corrected chi connectivity index (χ1v) is 19.2. The highest BCUT2D eigenvalue weighted by atomic mass is 15.0. The molecule has 2 aromatic heterocycles. The van der Waals surface area contributed by atoms with Crippen LogP contribution in [0.4, 0.5) is 0 Å². The second-order valence-electron chi connectivity index (χ2n) is 14.4. The van der Waals surface area contributed by atoms with Gasteiger partial charge in [-0.05, 0) is 109 Å². The molecule has 4 heteroatoms. The molecule has 10 aromatic rings. The van der Waals surface area contributed by atoms with E-state index in [4.69, 9.17) is 15.0 Å². The molecule has 0 saturated heterocycles. The molecular weight excluding hydrogens is 693 g/mol. The molecule has 2 heterocycles. The fraction of sp³-hybridized carbons (Fsp3) is 0.0189. The predicted molar refractivity (Wildman–Crippen MR) is 235 cm³/mol. The van der Waals surface area contributed by atoms with Crippen molar-refractivity contribution in [3.63, 3.8) is 0 Å². The van der Waals surface area contributed by atoms with Crippen molar-refractivity contribution >= 4 is 21.5 Å². The van der Waals surface area contributed by atoms with Crippen LogP contribution in [-0.2, 0) is 0 Å². The van der Waals surface area contributed by atoms with Gasteiger partial charge in [0, 0.05) is 28.6 Å². The van der Waals surface area contributed by atoms with Crippen molar-refractivity contribution in [3.8, 4) is 78.7 Å². The van der Waals surface area contributed by atoms with Crippen molar-refractivity contribution in [1.82, 2.24) is 19.9 Å². The zero-order chi connectivity index (χ0) is 38.1. The zero-order valence-electron chi connectivity index (χ0n) is 31.3. The van der Waals surface area contributed by atoms with Crippen molar-refractivity contribution in [2.75, 3.05) is 0 Å². The molecule has 0 bridgehead atoms. The van der Waals surface area contributed by atoms with Gasteiger partial charge in [-0.2, -0.15) is 0 Å². The Morgan fingerprint density at radius 3 is 1.35 bits per heavy atom. The second-order valence-corrected chi connectivity index (χ2v) is 14.4. The van der Waals surface area contributed by atoms with E-state index in [1.165, 1.54) is 38.2 Å². The van der Waals surface area contributed by atoms with Gasteiger partial charge < -0.3 is 0 Å². The van der Waals surface area contributed by atoms with Gasteiger partial charge in [0.1, 0.15) is 0 Å². The summed E-state index contributed by atoms with van der Waals surface area (Å²) in [5.41, 5.74) is 12.9. The van der Waals surface area contributed by atoms with E-state index < -0.39 is 0 Å². The van der Waals surface area contributed by atoms with Crippen molar-refractivity contribution in [3.05, 3.63) is 206 Å². The number of hydrogen-bond donors (Lipinski definition) is 0. The molecule has 0 spiro atoms. The quantitative estimate of drug-likeness (QED) is 0.153. The Kier molecular flexibility index (Phi) is 8.69. The van der Waals surface area contributed by atoms with Crippen molar-refractivity contribution in [2.45, 2.75) is 6.92 Å². The molecule has 0 aliphatic carbocycles. The Bertz CT molecular complexity index is 2990. The summed E-state index contributed by atoms with van der Waals surface area (Å²) in [5, 5.41) is 4.87. The summed E-state index contributed by atoms with van der Waals surface area (Å²) in [5.74, 6) is 1.89. The summed E-state index contributed by atoms with van der Waals surface area (Å²) in [6.07, 6.45) is 1.87. The number of nitrogens with zero attached hydrogens (tertiary/aromatic N) is 4. The molecule has 0 amide bonds. The zero-order valence-corrected chi connectivity index (χ0v) is 31.3. The smallest absolute Gasteiger partial charge is 0.164 e. The largest absolute Gasteiger partial charge is 0.262 e. The van der Waals surface area contributed by atoms with Gasteiger partial charge in [0.25, 0.3) is 0 Å². The molecule has 8 aromatic carbocycles. The standard InChI is InChI=1S/C53H36N4/c1-35-30-42(28-29-54-35)38-24-20-36(21-25-38)37-22-26-39(27-23-37)44-31-45(50-34-43-16-8-9-17-47(43)48-18-10-11-19-49(48)50)33-46(32-44)53-56-51(40-12-4-2-5-13-40)55-52(57-53)41-14-6-3-7-15-41/h2-34H,1H3. The van der Waals surface area contributed by atoms with Crippen LogP contribution in [0.2, 0.25) is 0 Å². The van der Waals surface area contributed by atoms with Gasteiger partial charge in [0.15, 0.2) is 17.5 Å². The third-order valence-corrected chi connectivity index (χ3v) is 10.6. The minimum absolute atomic E-state index is 0.622. The topological polar surface area (TPSA) is 51.6 Å². The third kappa shape index (κ3) is 6.75. The fourth-order valence-electron chi connectivity index (χ4n) is 7.75. The van der Waals surface area contributed by atoms with Crippen LogP contribution >= 0.6 is 0 Å². The van der Waals surface area contributed by atoms with E-state index in [0.717, 1.165) is 50.2 Å². The summed E-state index contributed by atoms with van der Waals surface area (Å²) < 4.78 is 0. The molecule has 0 unspecified atom stereocenters. The Labute approximate surface area is 331 Å². The van der Waals surface area contributed by atoms with Crippen molar-refractivity contribution < 1.29 is 0 Å². The normalized spacial score (nSPS) is 11.2. The summed E-state index contributed by atoms with van der Waals surface area (Å²) >= 11 is 0. The van der Waals surface area contributed by atoms with Crippen LogP contribution in [0.3, 0.4) is 0 Å². The number of benzene rings is 8. The van der Waals surface area contributed by atoms with Crippen LogP contribution in [0.1, 0.15) is 5.69 Å². The number of hydrogen-bond acceptors (Lipinski definition) is 4. The molecule has 57 heavy (non-hydrogen) atoms. The first kappa shape index (κ1) is 34.0. The maximum atomic E-state index is 5.14. The predicted octanol–water partition coefficient (Wildman–Crippen LogP) is 13.6. The lowest BCUT2D eigenvalue weighted by atomic mass is 9.90. The number of fused-ring (bicyclic) bond motifs is 3. The Morgan fingerprint density at radius 2 is 0.754 bits per heavy atom. The van der Waals surface area contributed by atoms with E-state index in [1.54, 1.807) is 0 Å². The van der Waals surface area contributed by atoms with Gasteiger partial charge in [0.05, 0.1) is 0 Å². The van der Waals surface area contributed by atoms with Gasteiger partial charge in [0.2, 0.25) is 0 Å². The maximum absolute atomic E-state index is 5.14. The number of pyridine rings is 1. The molecule has 0 aliphatic heterocycles. The Hall–Kier alpha value is -7.56. The minimum atomic E-state index is 0.622. The van der Waals surface area contributed by atoms with Crippen molar-refractivity contribution in [2.24, 2.45) is 0 Å². The van der Waals surface area contributed by atoms with E-state index >= 15 is 0 Å². The summed E-state index contributed by atoms with van der Waals surface area (Å²) in [7, 11) is 0. The molecule has 0 radical (unpaired) electrons. The average Bonchev–Trinajstić information content (AvgIpc) is 3.29. The molecule has 4 nitrogen and oxygen atoms in total. The van der Waals surface area contributed by atoms with Crippen LogP contribution < -0.4 is 0 Å². The average molecular weight is 729 g/mol. The summed E-state index contributed by atoms with van der Waals surface area (Å²) in [4.78, 5) is 19.6. The number of aryl methyl sites for hydroxylation is 1. The summed E-state index contributed by atoms with van der Waals surface area (Å²) in [6.45, 7) is 2.02. The second kappa shape index (κ2) is 14.6. The van der Waals surface area contributed by atoms with Gasteiger partial charge >= 0.3 is 0 Å². The molecule has 0 saturated carbocycles. The van der Waals surface area contributed by atoms with E-state index in [2.05, 4.69) is 138 Å². The Balaban J connectivity index is 1.13. The van der Waals surface area contributed by atoms with Crippen LogP contribution in [-0.4, -0.2) is 19.9 Å². The number of rotatable bonds is 7. The highest BCUT2D eigenvalue weighted by Crippen LogP contribution is 2.39. The monoisotopic (exact) mass is 728 g/mol. The lowest BCUT2D eigenvalue weighted by Gasteiger charge is -2.15. The van der Waals surface area contributed by atoms with Gasteiger partial charge in [-0.25, -0.2) is 15.0 Å². The highest BCUT2D eigenvalue weighted by molar-refractivity contribution is 6.14. The lowest BCUT2D eigenvalue weighted by Crippen LogP contribution is -2.00. The maximum Gasteiger partial charge on any atom is 0.164 e. The van der Waals surface area contributed by atoms with Crippen LogP contribution in [0, 0.1) is 6.92 Å². The van der Waals surface area contributed by atoms with Gasteiger partial charge in [-0.1, -0.05) is 158 Å². The SMILES string of the molecule is Cc1cc(-c2ccc(-c3ccc(-c4cc(-c5nc(-c6ccccc6)nc(-c6ccccc6)n5)cc(-c5cc6ccccc6c6ccccc56)c4)cc3)cc2)ccn1. The van der Waals surface area contributed by atoms with Crippen LogP contribution in [0.15, 0.2) is 200 Å². The number of aromatic nitrogens is 4. The van der Waals surface area contributed by atoms with E-state index in [-0.39, 0.29) is 0 Å². The highest BCUT2D eigenvalue weighted by Gasteiger charge is 2.17. The first-order chi connectivity index (χ1) is 28.1. The molecule has 0 atom stereocenters. The molecule has 0 fully saturated rings. The van der Waals surface area contributed by atoms with E-state index in [1.807, 2.05) is 73.8 Å². The minimum Gasteiger partial charge on any atom is -0.262 e. The molecule has 0 N–H and O–H groups in total. The molecule has 0 aliphatic rings. The third-order valence-electron chi connectivity index (χ3n) is 10.6. The molecular formula is C53H36N4. The van der Waals surface area contributed by atoms with Gasteiger partial charge in [-0.3, -0.25) is 4.98 Å². The Morgan fingerprint density at radius 1 is 0.298 bits per heavy atom.